The third-order valence-electron chi connectivity index (χ3n) is 2.46. The topological polar surface area (TPSA) is 68.3 Å². The van der Waals surface area contributed by atoms with Gasteiger partial charge in [-0.2, -0.15) is 9.78 Å². The zero-order valence-electron chi connectivity index (χ0n) is 10.3. The molecule has 8 heteroatoms. The average molecular weight is 297 g/mol. The van der Waals surface area contributed by atoms with Gasteiger partial charge < -0.3 is 0 Å². The third kappa shape index (κ3) is 2.36. The summed E-state index contributed by atoms with van der Waals surface area (Å²) in [5.41, 5.74) is 2.07. The predicted octanol–water partition coefficient (Wildman–Crippen LogP) is 1.95. The molecule has 0 aliphatic rings. The van der Waals surface area contributed by atoms with Crippen molar-refractivity contribution in [3.8, 4) is 11.3 Å². The van der Waals surface area contributed by atoms with Crippen molar-refractivity contribution >= 4 is 29.9 Å². The van der Waals surface area contributed by atoms with Gasteiger partial charge in [-0.05, 0) is 6.92 Å². The van der Waals surface area contributed by atoms with E-state index in [-0.39, 0.29) is 0 Å². The van der Waals surface area contributed by atoms with Gasteiger partial charge in [0.2, 0.25) is 5.62 Å². The van der Waals surface area contributed by atoms with Gasteiger partial charge in [-0.1, -0.05) is 23.2 Å². The van der Waals surface area contributed by atoms with Crippen LogP contribution >= 0.6 is 23.2 Å². The Morgan fingerprint density at radius 1 is 1.37 bits per heavy atom. The fraction of sp³-hybridized carbons (Fsp3) is 0.182. The summed E-state index contributed by atoms with van der Waals surface area (Å²) in [7, 11) is 1.59. The van der Waals surface area contributed by atoms with Crippen molar-refractivity contribution in [1.82, 2.24) is 19.6 Å². The summed E-state index contributed by atoms with van der Waals surface area (Å²) in [6.45, 7) is 5.24. The van der Waals surface area contributed by atoms with Gasteiger partial charge in [0.1, 0.15) is 11.5 Å². The van der Waals surface area contributed by atoms with Gasteiger partial charge in [0.05, 0.1) is 22.0 Å². The largest absolute Gasteiger partial charge is 0.253 e. The van der Waals surface area contributed by atoms with E-state index < -0.39 is 0 Å². The Morgan fingerprint density at radius 2 is 2.11 bits per heavy atom. The molecule has 0 N–H and O–H groups in total. The summed E-state index contributed by atoms with van der Waals surface area (Å²) in [5.74, 6) is 0. The zero-order valence-corrected chi connectivity index (χ0v) is 11.8. The molecule has 0 atom stereocenters. The molecule has 0 saturated heterocycles. The van der Waals surface area contributed by atoms with E-state index in [1.54, 1.807) is 14.0 Å². The van der Waals surface area contributed by atoms with Crippen LogP contribution in [-0.4, -0.2) is 33.4 Å². The number of hydrogen-bond acceptors (Lipinski definition) is 5. The van der Waals surface area contributed by atoms with Crippen molar-refractivity contribution in [3.05, 3.63) is 34.0 Å². The van der Waals surface area contributed by atoms with Gasteiger partial charge in [0, 0.05) is 20.0 Å². The highest BCUT2D eigenvalue weighted by Gasteiger charge is 2.17. The van der Waals surface area contributed by atoms with Crippen LogP contribution in [-0.2, 0) is 0 Å². The van der Waals surface area contributed by atoms with E-state index in [9.17, 15) is 0 Å². The minimum absolute atomic E-state index is 0.295. The summed E-state index contributed by atoms with van der Waals surface area (Å²) in [6.07, 6.45) is 2.88. The van der Waals surface area contributed by atoms with Gasteiger partial charge in [-0.3, -0.25) is 4.99 Å². The molecule has 2 aromatic rings. The quantitative estimate of drug-likeness (QED) is 0.628. The molecule has 0 radical (unpaired) electrons. The Bertz CT molecular complexity index is 707. The molecule has 0 unspecified atom stereocenters. The van der Waals surface area contributed by atoms with Crippen LogP contribution in [0.3, 0.4) is 0 Å². The van der Waals surface area contributed by atoms with Crippen LogP contribution in [0.1, 0.15) is 5.69 Å². The second kappa shape index (κ2) is 5.46. The average Bonchev–Trinajstić information content (AvgIpc) is 2.40. The number of hydrogen-bond donors (Lipinski definition) is 0. The predicted molar refractivity (Wildman–Crippen MR) is 74.4 cm³/mol. The van der Waals surface area contributed by atoms with E-state index in [0.29, 0.717) is 32.7 Å². The lowest BCUT2D eigenvalue weighted by Gasteiger charge is -2.11. The molecule has 2 aromatic heterocycles. The zero-order chi connectivity index (χ0) is 14.0. The van der Waals surface area contributed by atoms with Crippen LogP contribution < -0.4 is 5.62 Å². The first-order valence-electron chi connectivity index (χ1n) is 5.25. The van der Waals surface area contributed by atoms with E-state index in [0.717, 1.165) is 0 Å². The molecule has 0 aliphatic heterocycles. The van der Waals surface area contributed by atoms with Gasteiger partial charge in [-0.25, -0.2) is 15.0 Å². The second-order valence-corrected chi connectivity index (χ2v) is 4.32. The summed E-state index contributed by atoms with van der Waals surface area (Å²) in [4.78, 5) is 16.3. The van der Waals surface area contributed by atoms with Crippen LogP contribution in [0.25, 0.3) is 11.3 Å². The van der Waals surface area contributed by atoms with Crippen LogP contribution in [0.2, 0.25) is 10.2 Å². The number of nitrogens with zero attached hydrogens (tertiary/aromatic N) is 6. The maximum absolute atomic E-state index is 6.31. The molecule has 2 rings (SSSR count). The van der Waals surface area contributed by atoms with E-state index in [4.69, 9.17) is 23.2 Å². The minimum atomic E-state index is 0.295. The molecule has 0 saturated carbocycles. The highest BCUT2D eigenvalue weighted by molar-refractivity contribution is 6.35. The Labute approximate surface area is 119 Å². The molecule has 2 heterocycles. The second-order valence-electron chi connectivity index (χ2n) is 3.56. The van der Waals surface area contributed by atoms with Crippen LogP contribution in [0.4, 0.5) is 0 Å². The minimum Gasteiger partial charge on any atom is -0.253 e. The lowest BCUT2D eigenvalue weighted by molar-refractivity contribution is 0.751. The van der Waals surface area contributed by atoms with Crippen molar-refractivity contribution < 1.29 is 0 Å². The Kier molecular flexibility index (Phi) is 3.92. The highest BCUT2D eigenvalue weighted by atomic mass is 35.5. The summed E-state index contributed by atoms with van der Waals surface area (Å²) in [6, 6.07) is 0. The number of halogens is 2. The number of aromatic nitrogens is 4. The lowest BCUT2D eigenvalue weighted by atomic mass is 10.2. The van der Waals surface area contributed by atoms with Crippen molar-refractivity contribution in [2.75, 3.05) is 7.05 Å². The molecule has 0 aliphatic carbocycles. The van der Waals surface area contributed by atoms with E-state index >= 15 is 0 Å². The first-order valence-corrected chi connectivity index (χ1v) is 6.00. The molecule has 0 aromatic carbocycles. The van der Waals surface area contributed by atoms with Crippen LogP contribution in [0, 0.1) is 6.92 Å². The van der Waals surface area contributed by atoms with Crippen molar-refractivity contribution in [1.29, 1.82) is 0 Å². The molecule has 98 valence electrons. The monoisotopic (exact) mass is 296 g/mol. The van der Waals surface area contributed by atoms with E-state index in [1.165, 1.54) is 17.2 Å². The standard InChI is InChI=1S/C11H10Cl2N6/c1-6-8(9-7(12)4-16-5-17-9)10(13)19(15-3)11(14-2)18-6/h4-5H,3H2,1-2H3. The number of rotatable bonds is 2. The smallest absolute Gasteiger partial charge is 0.247 e. The Balaban J connectivity index is 2.87. The SMILES string of the molecule is C=Nn1c(Cl)c(-c2ncncc2Cl)c(C)nc1=NC. The lowest BCUT2D eigenvalue weighted by Crippen LogP contribution is -2.23. The van der Waals surface area contributed by atoms with E-state index in [2.05, 4.69) is 31.8 Å². The van der Waals surface area contributed by atoms with Gasteiger partial charge in [-0.15, -0.1) is 0 Å². The first-order chi connectivity index (χ1) is 9.10. The van der Waals surface area contributed by atoms with Crippen LogP contribution in [0.5, 0.6) is 0 Å². The molecule has 0 spiro atoms. The Morgan fingerprint density at radius 3 is 2.68 bits per heavy atom. The fourth-order valence-corrected chi connectivity index (χ4v) is 2.19. The molecule has 0 bridgehead atoms. The van der Waals surface area contributed by atoms with Gasteiger partial charge in [0.25, 0.3) is 0 Å². The van der Waals surface area contributed by atoms with Gasteiger partial charge in [0.15, 0.2) is 0 Å². The molecular formula is C11H10Cl2N6. The van der Waals surface area contributed by atoms with E-state index in [1.807, 2.05) is 0 Å². The molecule has 19 heavy (non-hydrogen) atoms. The highest BCUT2D eigenvalue weighted by Crippen LogP contribution is 2.31. The van der Waals surface area contributed by atoms with Gasteiger partial charge >= 0.3 is 0 Å². The molecule has 0 amide bonds. The van der Waals surface area contributed by atoms with Crippen LogP contribution in [0.15, 0.2) is 22.6 Å². The molecular weight excluding hydrogens is 287 g/mol. The number of aryl methyl sites for hydroxylation is 1. The fourth-order valence-electron chi connectivity index (χ4n) is 1.63. The Hall–Kier alpha value is -1.79. The molecule has 0 fully saturated rings. The maximum Gasteiger partial charge on any atom is 0.247 e. The van der Waals surface area contributed by atoms with Crippen molar-refractivity contribution in [3.63, 3.8) is 0 Å². The summed E-state index contributed by atoms with van der Waals surface area (Å²) in [5, 5.41) is 4.47. The summed E-state index contributed by atoms with van der Waals surface area (Å²) < 4.78 is 1.32. The first kappa shape index (κ1) is 13.6. The van der Waals surface area contributed by atoms with Crippen molar-refractivity contribution in [2.45, 2.75) is 6.92 Å². The maximum atomic E-state index is 6.31. The molecule has 6 nitrogen and oxygen atoms in total. The summed E-state index contributed by atoms with van der Waals surface area (Å²) >= 11 is 12.4. The van der Waals surface area contributed by atoms with Crippen molar-refractivity contribution in [2.24, 2.45) is 10.1 Å². The third-order valence-corrected chi connectivity index (χ3v) is 3.08. The normalized spacial score (nSPS) is 11.7.